The summed E-state index contributed by atoms with van der Waals surface area (Å²) in [6.07, 6.45) is 0.934. The Bertz CT molecular complexity index is 774. The lowest BCUT2D eigenvalue weighted by Crippen LogP contribution is -2.34. The minimum Gasteiger partial charge on any atom is -0.497 e. The number of amides is 2. The highest BCUT2D eigenvalue weighted by Crippen LogP contribution is 2.35. The summed E-state index contributed by atoms with van der Waals surface area (Å²) in [5.74, 6) is -0.258. The fraction of sp³-hybridized carbons (Fsp3) is 0.375. The molecule has 2 heterocycles. The van der Waals surface area contributed by atoms with E-state index in [1.165, 1.54) is 11.3 Å². The zero-order valence-corrected chi connectivity index (χ0v) is 14.3. The van der Waals surface area contributed by atoms with Crippen LogP contribution in [0.5, 0.6) is 5.75 Å². The van der Waals surface area contributed by atoms with E-state index in [4.69, 9.17) is 4.74 Å². The first-order valence-electron chi connectivity index (χ1n) is 7.67. The van der Waals surface area contributed by atoms with Crippen LogP contribution in [0.25, 0.3) is 0 Å². The molecule has 1 aromatic carbocycles. The molecule has 0 spiro atoms. The number of nitrogens with one attached hydrogen (secondary N) is 2. The van der Waals surface area contributed by atoms with Gasteiger partial charge in [0.1, 0.15) is 15.8 Å². The molecule has 1 aliphatic heterocycles. The molecule has 126 valence electrons. The van der Waals surface area contributed by atoms with Crippen LogP contribution in [0.15, 0.2) is 18.2 Å². The Morgan fingerprint density at radius 2 is 2.21 bits per heavy atom. The number of fused-ring (bicyclic) bond motifs is 1. The Hall–Kier alpha value is -2.48. The third kappa shape index (κ3) is 3.38. The highest BCUT2D eigenvalue weighted by Gasteiger charge is 2.31. The average Bonchev–Trinajstić information content (AvgIpc) is 3.06. The van der Waals surface area contributed by atoms with Crippen LogP contribution in [-0.4, -0.2) is 29.1 Å². The summed E-state index contributed by atoms with van der Waals surface area (Å²) in [5.41, 5.74) is 1.41. The van der Waals surface area contributed by atoms with Crippen molar-refractivity contribution in [3.05, 3.63) is 33.8 Å². The van der Waals surface area contributed by atoms with Gasteiger partial charge in [0, 0.05) is 12.1 Å². The number of nitrogens with zero attached hydrogens (tertiary/aromatic N) is 2. The molecule has 0 fully saturated rings. The van der Waals surface area contributed by atoms with Gasteiger partial charge in [-0.1, -0.05) is 18.3 Å². The zero-order chi connectivity index (χ0) is 17.1. The molecule has 3 rings (SSSR count). The minimum absolute atomic E-state index is 0.113. The molecular weight excluding hydrogens is 328 g/mol. The van der Waals surface area contributed by atoms with Crippen molar-refractivity contribution in [1.82, 2.24) is 15.5 Å². The monoisotopic (exact) mass is 346 g/mol. The number of carbonyl (C=O) groups is 2. The Morgan fingerprint density at radius 1 is 1.42 bits per heavy atom. The van der Waals surface area contributed by atoms with Crippen molar-refractivity contribution in [2.45, 2.75) is 32.2 Å². The third-order valence-electron chi connectivity index (χ3n) is 3.84. The first kappa shape index (κ1) is 16.4. The van der Waals surface area contributed by atoms with Gasteiger partial charge in [-0.15, -0.1) is 10.2 Å². The normalized spacial score (nSPS) is 16.2. The molecule has 0 aliphatic carbocycles. The average molecular weight is 346 g/mol. The van der Waals surface area contributed by atoms with E-state index in [9.17, 15) is 9.59 Å². The van der Waals surface area contributed by atoms with Crippen LogP contribution in [0, 0.1) is 0 Å². The van der Waals surface area contributed by atoms with Gasteiger partial charge in [-0.05, 0) is 30.2 Å². The predicted molar refractivity (Wildman–Crippen MR) is 90.1 cm³/mol. The van der Waals surface area contributed by atoms with Crippen LogP contribution in [0.3, 0.4) is 0 Å². The van der Waals surface area contributed by atoms with E-state index in [0.717, 1.165) is 22.0 Å². The van der Waals surface area contributed by atoms with Crippen molar-refractivity contribution in [1.29, 1.82) is 0 Å². The maximum absolute atomic E-state index is 12.6. The Morgan fingerprint density at radius 3 is 2.92 bits per heavy atom. The standard InChI is InChI=1S/C16H18N4O3S/c1-3-14-19-20-15(24-14)8-17-16(22)11-7-13(21)18-12-5-4-9(23-2)6-10(11)12/h4-6,11H,3,7-8H2,1-2H3,(H,17,22)(H,18,21)/t11-/m1/s1. The van der Waals surface area contributed by atoms with Gasteiger partial charge in [-0.2, -0.15) is 0 Å². The number of anilines is 1. The number of hydrogen-bond donors (Lipinski definition) is 2. The summed E-state index contributed by atoms with van der Waals surface area (Å²) < 4.78 is 5.22. The van der Waals surface area contributed by atoms with E-state index in [1.807, 2.05) is 6.92 Å². The van der Waals surface area contributed by atoms with Gasteiger partial charge >= 0.3 is 0 Å². The van der Waals surface area contributed by atoms with Crippen LogP contribution in [-0.2, 0) is 22.6 Å². The van der Waals surface area contributed by atoms with Gasteiger partial charge in [0.2, 0.25) is 11.8 Å². The maximum atomic E-state index is 12.6. The Kier molecular flexibility index (Phi) is 4.75. The number of carbonyl (C=O) groups excluding carboxylic acids is 2. The van der Waals surface area contributed by atoms with E-state index in [1.54, 1.807) is 25.3 Å². The van der Waals surface area contributed by atoms with Crippen molar-refractivity contribution < 1.29 is 14.3 Å². The number of rotatable bonds is 5. The molecule has 0 radical (unpaired) electrons. The van der Waals surface area contributed by atoms with Gasteiger partial charge in [0.05, 0.1) is 19.6 Å². The highest BCUT2D eigenvalue weighted by atomic mass is 32.1. The molecule has 0 unspecified atom stereocenters. The molecule has 1 aliphatic rings. The first-order valence-corrected chi connectivity index (χ1v) is 8.49. The summed E-state index contributed by atoms with van der Waals surface area (Å²) in [7, 11) is 1.57. The van der Waals surface area contributed by atoms with Crippen LogP contribution in [0.1, 0.15) is 34.8 Å². The lowest BCUT2D eigenvalue weighted by atomic mass is 9.89. The molecule has 7 nitrogen and oxygen atoms in total. The second-order valence-corrected chi connectivity index (χ2v) is 6.57. The zero-order valence-electron chi connectivity index (χ0n) is 13.5. The van der Waals surface area contributed by atoms with E-state index in [0.29, 0.717) is 18.0 Å². The summed E-state index contributed by atoms with van der Waals surface area (Å²) in [6, 6.07) is 5.30. The summed E-state index contributed by atoms with van der Waals surface area (Å²) in [6.45, 7) is 2.32. The lowest BCUT2D eigenvalue weighted by molar-refractivity contribution is -0.126. The summed E-state index contributed by atoms with van der Waals surface area (Å²) in [5, 5.41) is 15.4. The number of aryl methyl sites for hydroxylation is 1. The van der Waals surface area contributed by atoms with Crippen molar-refractivity contribution in [3.8, 4) is 5.75 Å². The van der Waals surface area contributed by atoms with Gasteiger partial charge < -0.3 is 15.4 Å². The molecule has 2 amide bonds. The number of methoxy groups -OCH3 is 1. The van der Waals surface area contributed by atoms with Crippen molar-refractivity contribution in [2.75, 3.05) is 12.4 Å². The largest absolute Gasteiger partial charge is 0.497 e. The molecule has 1 atom stereocenters. The number of benzene rings is 1. The molecule has 8 heteroatoms. The molecule has 1 aromatic heterocycles. The van der Waals surface area contributed by atoms with E-state index < -0.39 is 5.92 Å². The van der Waals surface area contributed by atoms with Crippen LogP contribution in [0.4, 0.5) is 5.69 Å². The molecule has 0 saturated carbocycles. The SMILES string of the molecule is CCc1nnc(CNC(=O)[C@@H]2CC(=O)Nc3ccc(OC)cc32)s1. The molecule has 2 N–H and O–H groups in total. The Balaban J connectivity index is 1.75. The van der Waals surface area contributed by atoms with Gasteiger partial charge in [-0.25, -0.2) is 0 Å². The molecule has 2 aromatic rings. The van der Waals surface area contributed by atoms with Crippen LogP contribution in [0.2, 0.25) is 0 Å². The van der Waals surface area contributed by atoms with Gasteiger partial charge in [0.15, 0.2) is 0 Å². The van der Waals surface area contributed by atoms with Crippen molar-refractivity contribution in [3.63, 3.8) is 0 Å². The maximum Gasteiger partial charge on any atom is 0.228 e. The number of ether oxygens (including phenoxy) is 1. The van der Waals surface area contributed by atoms with Crippen molar-refractivity contribution in [2.24, 2.45) is 0 Å². The fourth-order valence-corrected chi connectivity index (χ4v) is 3.31. The van der Waals surface area contributed by atoms with Crippen LogP contribution < -0.4 is 15.4 Å². The van der Waals surface area contributed by atoms with E-state index in [2.05, 4.69) is 20.8 Å². The first-order chi connectivity index (χ1) is 11.6. The van der Waals surface area contributed by atoms with Crippen molar-refractivity contribution >= 4 is 28.8 Å². The third-order valence-corrected chi connectivity index (χ3v) is 4.91. The lowest BCUT2D eigenvalue weighted by Gasteiger charge is -2.25. The number of hydrogen-bond acceptors (Lipinski definition) is 6. The Labute approximate surface area is 143 Å². The van der Waals surface area contributed by atoms with Gasteiger partial charge in [0.25, 0.3) is 0 Å². The highest BCUT2D eigenvalue weighted by molar-refractivity contribution is 7.11. The number of aromatic nitrogens is 2. The van der Waals surface area contributed by atoms with E-state index >= 15 is 0 Å². The van der Waals surface area contributed by atoms with Crippen LogP contribution >= 0.6 is 11.3 Å². The van der Waals surface area contributed by atoms with E-state index in [-0.39, 0.29) is 18.2 Å². The second kappa shape index (κ2) is 6.96. The fourth-order valence-electron chi connectivity index (χ4n) is 2.59. The summed E-state index contributed by atoms with van der Waals surface area (Å²) in [4.78, 5) is 24.4. The topological polar surface area (TPSA) is 93.2 Å². The molecule has 24 heavy (non-hydrogen) atoms. The second-order valence-electron chi connectivity index (χ2n) is 5.42. The molecule has 0 bridgehead atoms. The quantitative estimate of drug-likeness (QED) is 0.862. The minimum atomic E-state index is -0.539. The summed E-state index contributed by atoms with van der Waals surface area (Å²) >= 11 is 1.48. The van der Waals surface area contributed by atoms with Gasteiger partial charge in [-0.3, -0.25) is 9.59 Å². The molecule has 0 saturated heterocycles. The predicted octanol–water partition coefficient (Wildman–Crippen LogP) is 1.85. The molecular formula is C16H18N4O3S. The smallest absolute Gasteiger partial charge is 0.228 e.